The third kappa shape index (κ3) is 3.95. The molecule has 0 unspecified atom stereocenters. The topological polar surface area (TPSA) is 98.5 Å². The Labute approximate surface area is 136 Å². The zero-order valence-electron chi connectivity index (χ0n) is 12.5. The highest BCUT2D eigenvalue weighted by Crippen LogP contribution is 2.18. The van der Waals surface area contributed by atoms with Gasteiger partial charge in [0.15, 0.2) is 0 Å². The summed E-state index contributed by atoms with van der Waals surface area (Å²) in [5.41, 5.74) is 1.25. The Morgan fingerprint density at radius 3 is 2.83 bits per heavy atom. The fourth-order valence-corrected chi connectivity index (χ4v) is 2.72. The lowest BCUT2D eigenvalue weighted by Gasteiger charge is -2.08. The molecule has 2 aromatic heterocycles. The number of tetrazole rings is 1. The highest BCUT2D eigenvalue weighted by Gasteiger charge is 2.17. The van der Waals surface area contributed by atoms with Crippen LogP contribution in [0, 0.1) is 0 Å². The first-order chi connectivity index (χ1) is 11.2. The van der Waals surface area contributed by atoms with E-state index in [9.17, 15) is 4.79 Å². The van der Waals surface area contributed by atoms with Crippen LogP contribution in [-0.2, 0) is 17.6 Å². The van der Waals surface area contributed by atoms with Crippen LogP contribution in [0.2, 0.25) is 0 Å². The van der Waals surface area contributed by atoms with Crippen molar-refractivity contribution in [3.8, 4) is 0 Å². The fraction of sp³-hybridized carbons (Fsp3) is 0.286. The lowest BCUT2D eigenvalue weighted by atomic mass is 10.1. The number of carbonyl (C=O) groups is 1. The first kappa shape index (κ1) is 15.2. The maximum absolute atomic E-state index is 12.1. The van der Waals surface area contributed by atoms with Crippen LogP contribution in [0.3, 0.4) is 0 Å². The molecule has 0 saturated heterocycles. The van der Waals surface area contributed by atoms with Gasteiger partial charge in [-0.3, -0.25) is 10.1 Å². The van der Waals surface area contributed by atoms with Crippen molar-refractivity contribution < 1.29 is 4.79 Å². The third-order valence-electron chi connectivity index (χ3n) is 3.31. The van der Waals surface area contributed by atoms with E-state index in [2.05, 4.69) is 43.2 Å². The number of rotatable bonds is 6. The highest BCUT2D eigenvalue weighted by atomic mass is 32.1. The molecule has 118 valence electrons. The lowest BCUT2D eigenvalue weighted by molar-refractivity contribution is -0.119. The zero-order chi connectivity index (χ0) is 16.1. The van der Waals surface area contributed by atoms with E-state index in [0.717, 1.165) is 17.8 Å². The average molecular weight is 329 g/mol. The van der Waals surface area contributed by atoms with Crippen LogP contribution in [-0.4, -0.2) is 36.3 Å². The Kier molecular flexibility index (Phi) is 4.67. The van der Waals surface area contributed by atoms with Gasteiger partial charge in [0.25, 0.3) is 5.91 Å². The largest absolute Gasteiger partial charge is 0.299 e. The van der Waals surface area contributed by atoms with Crippen LogP contribution in [0.4, 0.5) is 5.13 Å². The predicted molar refractivity (Wildman–Crippen MR) is 84.9 cm³/mol. The molecule has 3 aromatic rings. The molecule has 0 fully saturated rings. The van der Waals surface area contributed by atoms with Crippen molar-refractivity contribution >= 4 is 22.4 Å². The minimum Gasteiger partial charge on any atom is -0.299 e. The van der Waals surface area contributed by atoms with Gasteiger partial charge in [-0.25, -0.2) is 4.68 Å². The second kappa shape index (κ2) is 7.05. The van der Waals surface area contributed by atoms with E-state index >= 15 is 0 Å². The summed E-state index contributed by atoms with van der Waals surface area (Å²) >= 11 is 1.38. The van der Waals surface area contributed by atoms with Gasteiger partial charge in [-0.1, -0.05) is 41.7 Å². The van der Waals surface area contributed by atoms with Crippen LogP contribution in [0.25, 0.3) is 0 Å². The van der Waals surface area contributed by atoms with Crippen molar-refractivity contribution in [2.45, 2.75) is 25.8 Å². The molecule has 1 aromatic carbocycles. The molecule has 0 saturated carbocycles. The van der Waals surface area contributed by atoms with Crippen molar-refractivity contribution in [2.24, 2.45) is 0 Å². The number of aryl methyl sites for hydroxylation is 2. The monoisotopic (exact) mass is 329 g/mol. The summed E-state index contributed by atoms with van der Waals surface area (Å²) < 4.78 is 1.38. The van der Waals surface area contributed by atoms with E-state index in [1.807, 2.05) is 18.2 Å². The molecule has 0 radical (unpaired) electrons. The first-order valence-corrected chi connectivity index (χ1v) is 7.93. The summed E-state index contributed by atoms with van der Waals surface area (Å²) in [5.74, 6) is -0.233. The summed E-state index contributed by atoms with van der Waals surface area (Å²) in [6, 6.07) is 9.67. The molecule has 3 rings (SSSR count). The van der Waals surface area contributed by atoms with Crippen LogP contribution in [0.5, 0.6) is 0 Å². The molecule has 9 heteroatoms. The van der Waals surface area contributed by atoms with Crippen LogP contribution in [0.15, 0.2) is 36.7 Å². The zero-order valence-corrected chi connectivity index (χ0v) is 13.3. The SMILES string of the molecule is C[C@@H](C(=O)Nc1nnc(CCc2ccccc2)s1)n1cnnn1. The number of aromatic nitrogens is 6. The second-order valence-electron chi connectivity index (χ2n) is 4.94. The molecule has 1 atom stereocenters. The van der Waals surface area contributed by atoms with Crippen LogP contribution in [0.1, 0.15) is 23.5 Å². The molecule has 0 spiro atoms. The average Bonchev–Trinajstić information content (AvgIpc) is 3.25. The second-order valence-corrected chi connectivity index (χ2v) is 6.00. The van der Waals surface area contributed by atoms with Gasteiger partial charge in [-0.15, -0.1) is 15.3 Å². The van der Waals surface area contributed by atoms with Crippen molar-refractivity contribution in [3.63, 3.8) is 0 Å². The summed E-state index contributed by atoms with van der Waals surface area (Å²) in [7, 11) is 0. The number of benzene rings is 1. The molecule has 1 N–H and O–H groups in total. The van der Waals surface area contributed by atoms with Crippen LogP contribution < -0.4 is 5.32 Å². The van der Waals surface area contributed by atoms with E-state index in [-0.39, 0.29) is 5.91 Å². The van der Waals surface area contributed by atoms with Crippen molar-refractivity contribution in [1.82, 2.24) is 30.4 Å². The standard InChI is InChI=1S/C14H15N7OS/c1-10(21-9-15-19-20-21)13(22)16-14-18-17-12(23-14)8-7-11-5-3-2-4-6-11/h2-6,9-10H,7-8H2,1H3,(H,16,18,22)/t10-/m0/s1. The summed E-state index contributed by atoms with van der Waals surface area (Å²) in [5, 5.41) is 23.0. The van der Waals surface area contributed by atoms with E-state index < -0.39 is 6.04 Å². The minimum atomic E-state index is -0.512. The van der Waals surface area contributed by atoms with Gasteiger partial charge >= 0.3 is 0 Å². The maximum atomic E-state index is 12.1. The molecule has 0 bridgehead atoms. The van der Waals surface area contributed by atoms with E-state index in [4.69, 9.17) is 0 Å². The summed E-state index contributed by atoms with van der Waals surface area (Å²) in [6.07, 6.45) is 3.08. The molecular formula is C14H15N7OS. The third-order valence-corrected chi connectivity index (χ3v) is 4.21. The Morgan fingerprint density at radius 2 is 2.09 bits per heavy atom. The van der Waals surface area contributed by atoms with Crippen molar-refractivity contribution in [3.05, 3.63) is 47.2 Å². The maximum Gasteiger partial charge on any atom is 0.250 e. The molecule has 1 amide bonds. The normalized spacial score (nSPS) is 12.0. The molecule has 8 nitrogen and oxygen atoms in total. The van der Waals surface area contributed by atoms with Gasteiger partial charge in [-0.05, 0) is 29.3 Å². The number of hydrogen-bond acceptors (Lipinski definition) is 7. The summed E-state index contributed by atoms with van der Waals surface area (Å²) in [4.78, 5) is 12.1. The molecule has 2 heterocycles. The molecule has 23 heavy (non-hydrogen) atoms. The molecule has 0 aliphatic heterocycles. The van der Waals surface area contributed by atoms with Crippen LogP contribution >= 0.6 is 11.3 Å². The molecule has 0 aliphatic carbocycles. The van der Waals surface area contributed by atoms with Crippen molar-refractivity contribution in [1.29, 1.82) is 0 Å². The summed E-state index contributed by atoms with van der Waals surface area (Å²) in [6.45, 7) is 1.71. The fourth-order valence-electron chi connectivity index (χ4n) is 1.98. The van der Waals surface area contributed by atoms with Gasteiger partial charge in [0.2, 0.25) is 5.13 Å². The number of nitrogens with zero attached hydrogens (tertiary/aromatic N) is 6. The smallest absolute Gasteiger partial charge is 0.250 e. The quantitative estimate of drug-likeness (QED) is 0.736. The Bertz CT molecular complexity index is 757. The van der Waals surface area contributed by atoms with Crippen molar-refractivity contribution in [2.75, 3.05) is 5.32 Å². The number of amides is 1. The molecular weight excluding hydrogens is 314 g/mol. The Morgan fingerprint density at radius 1 is 1.26 bits per heavy atom. The van der Waals surface area contributed by atoms with E-state index in [1.54, 1.807) is 6.92 Å². The van der Waals surface area contributed by atoms with Gasteiger partial charge < -0.3 is 0 Å². The Hall–Kier alpha value is -2.68. The number of carbonyl (C=O) groups excluding carboxylic acids is 1. The highest BCUT2D eigenvalue weighted by molar-refractivity contribution is 7.15. The molecule has 0 aliphatic rings. The van der Waals surface area contributed by atoms with Gasteiger partial charge in [-0.2, -0.15) is 0 Å². The van der Waals surface area contributed by atoms with Gasteiger partial charge in [0, 0.05) is 6.42 Å². The van der Waals surface area contributed by atoms with Gasteiger partial charge in [0.05, 0.1) is 0 Å². The number of hydrogen-bond donors (Lipinski definition) is 1. The minimum absolute atomic E-state index is 0.233. The lowest BCUT2D eigenvalue weighted by Crippen LogP contribution is -2.24. The Balaban J connectivity index is 1.56. The van der Waals surface area contributed by atoms with E-state index in [1.165, 1.54) is 27.9 Å². The van der Waals surface area contributed by atoms with E-state index in [0.29, 0.717) is 5.13 Å². The number of nitrogens with one attached hydrogen (secondary N) is 1. The predicted octanol–water partition coefficient (Wildman–Crippen LogP) is 1.51. The van der Waals surface area contributed by atoms with Gasteiger partial charge in [0.1, 0.15) is 17.4 Å². The number of anilines is 1. The first-order valence-electron chi connectivity index (χ1n) is 7.12.